The highest BCUT2D eigenvalue weighted by Gasteiger charge is 2.21. The number of aliphatic carboxylic acids is 1. The van der Waals surface area contributed by atoms with E-state index in [2.05, 4.69) is 5.32 Å². The van der Waals surface area contributed by atoms with Gasteiger partial charge in [0.25, 0.3) is 0 Å². The minimum atomic E-state index is -1.21. The van der Waals surface area contributed by atoms with E-state index in [9.17, 15) is 14.0 Å². The molecule has 1 atom stereocenters. The Morgan fingerprint density at radius 3 is 2.32 bits per heavy atom. The molecule has 5 nitrogen and oxygen atoms in total. The van der Waals surface area contributed by atoms with Crippen LogP contribution in [0.2, 0.25) is 0 Å². The standard InChI is InChI=1S/C16H22FNO4/c1-3-11(4-2)9-15(19)18-10-14(16(20)21)22-13-7-5-12(17)6-8-13/h5-8,11,14H,3-4,9-10H2,1-2H3,(H,18,19)(H,20,21). The molecule has 0 saturated carbocycles. The Morgan fingerprint density at radius 2 is 1.82 bits per heavy atom. The predicted octanol–water partition coefficient (Wildman–Crippen LogP) is 2.60. The third kappa shape index (κ3) is 6.11. The van der Waals surface area contributed by atoms with Crippen LogP contribution in [-0.2, 0) is 9.59 Å². The van der Waals surface area contributed by atoms with Crippen LogP contribution in [0.4, 0.5) is 4.39 Å². The molecule has 1 unspecified atom stereocenters. The van der Waals surface area contributed by atoms with Crippen molar-refractivity contribution < 1.29 is 23.8 Å². The quantitative estimate of drug-likeness (QED) is 0.735. The maximum atomic E-state index is 12.8. The lowest BCUT2D eigenvalue weighted by Crippen LogP contribution is -2.40. The first kappa shape index (κ1) is 17.9. The van der Waals surface area contributed by atoms with Crippen molar-refractivity contribution >= 4 is 11.9 Å². The first-order valence-electron chi connectivity index (χ1n) is 7.38. The molecular formula is C16H22FNO4. The fourth-order valence-electron chi connectivity index (χ4n) is 1.98. The lowest BCUT2D eigenvalue weighted by Gasteiger charge is -2.17. The SMILES string of the molecule is CCC(CC)CC(=O)NCC(Oc1ccc(F)cc1)C(=O)O. The second kappa shape index (κ2) is 9.02. The van der Waals surface area contributed by atoms with Crippen LogP contribution in [0, 0.1) is 11.7 Å². The molecule has 0 radical (unpaired) electrons. The summed E-state index contributed by atoms with van der Waals surface area (Å²) in [6.07, 6.45) is 0.961. The monoisotopic (exact) mass is 311 g/mol. The van der Waals surface area contributed by atoms with Crippen LogP contribution < -0.4 is 10.1 Å². The molecule has 1 aromatic rings. The van der Waals surface area contributed by atoms with Crippen molar-refractivity contribution in [1.82, 2.24) is 5.32 Å². The largest absolute Gasteiger partial charge is 0.478 e. The van der Waals surface area contributed by atoms with Crippen LogP contribution in [0.25, 0.3) is 0 Å². The molecule has 1 aromatic carbocycles. The highest BCUT2D eigenvalue weighted by atomic mass is 19.1. The second-order valence-electron chi connectivity index (χ2n) is 5.09. The molecule has 2 N–H and O–H groups in total. The van der Waals surface area contributed by atoms with E-state index >= 15 is 0 Å². The van der Waals surface area contributed by atoms with Crippen LogP contribution >= 0.6 is 0 Å². The van der Waals surface area contributed by atoms with E-state index in [1.807, 2.05) is 13.8 Å². The molecular weight excluding hydrogens is 289 g/mol. The van der Waals surface area contributed by atoms with Crippen LogP contribution in [0.1, 0.15) is 33.1 Å². The number of amides is 1. The first-order valence-corrected chi connectivity index (χ1v) is 7.38. The Morgan fingerprint density at radius 1 is 1.23 bits per heavy atom. The molecule has 0 fully saturated rings. The average molecular weight is 311 g/mol. The zero-order valence-electron chi connectivity index (χ0n) is 12.8. The third-order valence-electron chi connectivity index (χ3n) is 3.48. The summed E-state index contributed by atoms with van der Waals surface area (Å²) in [5.41, 5.74) is 0. The van der Waals surface area contributed by atoms with Gasteiger partial charge in [-0.1, -0.05) is 26.7 Å². The van der Waals surface area contributed by atoms with Crippen molar-refractivity contribution in [2.45, 2.75) is 39.2 Å². The molecule has 0 bridgehead atoms. The molecule has 6 heteroatoms. The van der Waals surface area contributed by atoms with Gasteiger partial charge in [-0.2, -0.15) is 0 Å². The zero-order valence-corrected chi connectivity index (χ0v) is 12.8. The third-order valence-corrected chi connectivity index (χ3v) is 3.48. The Hall–Kier alpha value is -2.11. The van der Waals surface area contributed by atoms with Crippen LogP contribution in [0.5, 0.6) is 5.75 Å². The highest BCUT2D eigenvalue weighted by molar-refractivity contribution is 5.78. The number of rotatable bonds is 9. The van der Waals surface area contributed by atoms with Gasteiger partial charge in [0.15, 0.2) is 0 Å². The van der Waals surface area contributed by atoms with Crippen molar-refractivity contribution in [3.8, 4) is 5.75 Å². The minimum Gasteiger partial charge on any atom is -0.478 e. The van der Waals surface area contributed by atoms with Crippen molar-refractivity contribution in [3.63, 3.8) is 0 Å². The minimum absolute atomic E-state index is 0.133. The van der Waals surface area contributed by atoms with Crippen LogP contribution in [0.3, 0.4) is 0 Å². The topological polar surface area (TPSA) is 75.6 Å². The second-order valence-corrected chi connectivity index (χ2v) is 5.09. The maximum absolute atomic E-state index is 12.8. The maximum Gasteiger partial charge on any atom is 0.346 e. The number of ether oxygens (including phenoxy) is 1. The van der Waals surface area contributed by atoms with Crippen molar-refractivity contribution in [2.75, 3.05) is 6.54 Å². The Kier molecular flexibility index (Phi) is 7.36. The van der Waals surface area contributed by atoms with Gasteiger partial charge >= 0.3 is 5.97 Å². The van der Waals surface area contributed by atoms with Gasteiger partial charge in [0, 0.05) is 6.42 Å². The molecule has 1 rings (SSSR count). The van der Waals surface area contributed by atoms with Crippen molar-refractivity contribution in [3.05, 3.63) is 30.1 Å². The number of hydrogen-bond donors (Lipinski definition) is 2. The van der Waals surface area contributed by atoms with Gasteiger partial charge in [-0.15, -0.1) is 0 Å². The molecule has 0 spiro atoms. The number of nitrogens with one attached hydrogen (secondary N) is 1. The summed E-state index contributed by atoms with van der Waals surface area (Å²) in [6.45, 7) is 3.89. The summed E-state index contributed by atoms with van der Waals surface area (Å²) in [7, 11) is 0. The Labute approximate surface area is 129 Å². The molecule has 0 aliphatic rings. The van der Waals surface area contributed by atoms with Crippen molar-refractivity contribution in [1.29, 1.82) is 0 Å². The van der Waals surface area contributed by atoms with E-state index in [-0.39, 0.29) is 18.2 Å². The van der Waals surface area contributed by atoms with Gasteiger partial charge in [0.1, 0.15) is 11.6 Å². The fraction of sp³-hybridized carbons (Fsp3) is 0.500. The van der Waals surface area contributed by atoms with Gasteiger partial charge in [0.05, 0.1) is 6.54 Å². The van der Waals surface area contributed by atoms with Gasteiger partial charge in [-0.05, 0) is 30.2 Å². The van der Waals surface area contributed by atoms with Gasteiger partial charge in [0.2, 0.25) is 12.0 Å². The van der Waals surface area contributed by atoms with E-state index in [0.717, 1.165) is 12.8 Å². The average Bonchev–Trinajstić information content (AvgIpc) is 2.50. The number of carbonyl (C=O) groups is 2. The predicted molar refractivity (Wildman–Crippen MR) is 80.2 cm³/mol. The molecule has 22 heavy (non-hydrogen) atoms. The number of carbonyl (C=O) groups excluding carboxylic acids is 1. The Balaban J connectivity index is 2.52. The molecule has 0 aromatic heterocycles. The van der Waals surface area contributed by atoms with E-state index in [0.29, 0.717) is 12.3 Å². The van der Waals surface area contributed by atoms with Crippen LogP contribution in [-0.4, -0.2) is 29.6 Å². The number of halogens is 1. The summed E-state index contributed by atoms with van der Waals surface area (Å²) in [5, 5.41) is 11.7. The fourth-order valence-corrected chi connectivity index (χ4v) is 1.98. The molecule has 1 amide bonds. The number of carboxylic acids is 1. The van der Waals surface area contributed by atoms with E-state index in [1.165, 1.54) is 24.3 Å². The van der Waals surface area contributed by atoms with E-state index in [4.69, 9.17) is 9.84 Å². The lowest BCUT2D eigenvalue weighted by atomic mass is 9.99. The van der Waals surface area contributed by atoms with Gasteiger partial charge in [-0.25, -0.2) is 9.18 Å². The zero-order chi connectivity index (χ0) is 16.5. The van der Waals surface area contributed by atoms with Gasteiger partial charge in [-0.3, -0.25) is 4.79 Å². The lowest BCUT2D eigenvalue weighted by molar-refractivity contribution is -0.145. The molecule has 0 aliphatic heterocycles. The smallest absolute Gasteiger partial charge is 0.346 e. The summed E-state index contributed by atoms with van der Waals surface area (Å²) in [4.78, 5) is 23.0. The summed E-state index contributed by atoms with van der Waals surface area (Å²) in [6, 6.07) is 5.05. The van der Waals surface area contributed by atoms with E-state index in [1.54, 1.807) is 0 Å². The van der Waals surface area contributed by atoms with Crippen LogP contribution in [0.15, 0.2) is 24.3 Å². The normalized spacial score (nSPS) is 12.0. The molecule has 0 saturated heterocycles. The summed E-state index contributed by atoms with van der Waals surface area (Å²) >= 11 is 0. The highest BCUT2D eigenvalue weighted by Crippen LogP contribution is 2.14. The van der Waals surface area contributed by atoms with Gasteiger partial charge < -0.3 is 15.2 Å². The molecule has 0 heterocycles. The first-order chi connectivity index (χ1) is 10.5. The Bertz CT molecular complexity index is 485. The molecule has 122 valence electrons. The summed E-state index contributed by atoms with van der Waals surface area (Å²) in [5.74, 6) is -1.28. The number of benzene rings is 1. The number of carboxylic acid groups (broad SMARTS) is 1. The number of hydrogen-bond acceptors (Lipinski definition) is 3. The summed E-state index contributed by atoms with van der Waals surface area (Å²) < 4.78 is 18.1. The van der Waals surface area contributed by atoms with E-state index < -0.39 is 17.9 Å². The van der Waals surface area contributed by atoms with Crippen molar-refractivity contribution in [2.24, 2.45) is 5.92 Å². The molecule has 0 aliphatic carbocycles.